The van der Waals surface area contributed by atoms with Crippen molar-refractivity contribution in [2.45, 2.75) is 58.3 Å². The van der Waals surface area contributed by atoms with Gasteiger partial charge in [0.05, 0.1) is 34.5 Å². The highest BCUT2D eigenvalue weighted by molar-refractivity contribution is 6.42. The number of nitrogens with two attached hydrogens (primary N) is 1. The van der Waals surface area contributed by atoms with Crippen LogP contribution in [-0.2, 0) is 17.9 Å². The fraction of sp³-hybridized carbons (Fsp3) is 0.478. The summed E-state index contributed by atoms with van der Waals surface area (Å²) < 4.78 is 7.12. The van der Waals surface area contributed by atoms with Gasteiger partial charge in [-0.15, -0.1) is 0 Å². The Labute approximate surface area is 198 Å². The zero-order chi connectivity index (χ0) is 23.4. The highest BCUT2D eigenvalue weighted by Gasteiger charge is 2.31. The number of ether oxygens (including phenoxy) is 1. The van der Waals surface area contributed by atoms with Crippen molar-refractivity contribution in [3.05, 3.63) is 56.8 Å². The van der Waals surface area contributed by atoms with Gasteiger partial charge in [-0.25, -0.2) is 4.79 Å². The topological polar surface area (TPSA) is 97.8 Å². The zero-order valence-corrected chi connectivity index (χ0v) is 19.8. The van der Waals surface area contributed by atoms with Crippen LogP contribution in [0.25, 0.3) is 0 Å². The molecular formula is C23H29Cl2N3O4. The largest absolute Gasteiger partial charge is 0.478 e. The van der Waals surface area contributed by atoms with E-state index in [9.17, 15) is 14.7 Å². The maximum atomic E-state index is 12.6. The smallest absolute Gasteiger partial charge is 0.337 e. The van der Waals surface area contributed by atoms with Crippen LogP contribution < -0.4 is 5.73 Å². The summed E-state index contributed by atoms with van der Waals surface area (Å²) in [4.78, 5) is 25.8. The number of hydrogen-bond donors (Lipinski definition) is 2. The number of rotatable bonds is 4. The quantitative estimate of drug-likeness (QED) is 0.656. The molecule has 4 rings (SSSR count). The van der Waals surface area contributed by atoms with Gasteiger partial charge in [-0.05, 0) is 49.9 Å². The Kier molecular flexibility index (Phi) is 8.22. The molecule has 9 heteroatoms. The third kappa shape index (κ3) is 5.29. The van der Waals surface area contributed by atoms with E-state index in [4.69, 9.17) is 33.7 Å². The lowest BCUT2D eigenvalue weighted by Crippen LogP contribution is -2.35. The third-order valence-electron chi connectivity index (χ3n) is 5.98. The lowest BCUT2D eigenvalue weighted by molar-refractivity contribution is 0.0640. The fourth-order valence-electron chi connectivity index (χ4n) is 4.05. The van der Waals surface area contributed by atoms with Crippen molar-refractivity contribution in [1.29, 1.82) is 0 Å². The molecule has 2 atom stereocenters. The molecule has 7 nitrogen and oxygen atoms in total. The predicted octanol–water partition coefficient (Wildman–Crippen LogP) is 4.74. The maximum Gasteiger partial charge on any atom is 0.337 e. The second-order valence-corrected chi connectivity index (χ2v) is 8.89. The molecule has 0 aliphatic carbocycles. The molecule has 1 fully saturated rings. The summed E-state index contributed by atoms with van der Waals surface area (Å²) in [6.45, 7) is 6.12. The Hall–Kier alpha value is -2.06. The molecule has 174 valence electrons. The third-order valence-corrected chi connectivity index (χ3v) is 6.72. The van der Waals surface area contributed by atoms with E-state index in [0.717, 1.165) is 31.4 Å². The van der Waals surface area contributed by atoms with Gasteiger partial charge in [0, 0.05) is 25.2 Å². The monoisotopic (exact) mass is 481 g/mol. The highest BCUT2D eigenvalue weighted by atomic mass is 35.5. The van der Waals surface area contributed by atoms with Gasteiger partial charge >= 0.3 is 5.97 Å². The van der Waals surface area contributed by atoms with Crippen molar-refractivity contribution in [2.24, 2.45) is 5.73 Å². The van der Waals surface area contributed by atoms with Crippen molar-refractivity contribution < 1.29 is 19.4 Å². The summed E-state index contributed by atoms with van der Waals surface area (Å²) >= 11 is 11.6. The van der Waals surface area contributed by atoms with E-state index in [0.29, 0.717) is 34.6 Å². The van der Waals surface area contributed by atoms with E-state index in [2.05, 4.69) is 0 Å². The summed E-state index contributed by atoms with van der Waals surface area (Å²) in [6.07, 6.45) is 2.92. The summed E-state index contributed by atoms with van der Waals surface area (Å²) in [6, 6.07) is 7.27. The standard InChI is InChI=1S/C14H18N2O4.C9H11Cl2N/c1-9-3-2-4-15(9)13(17)11-7-10(14(18)19)12-8-20-6-5-16(11)12;1-2-9(12)6-3-4-7(10)8(11)5-6/h7,9H,2-6,8H2,1H3,(H,18,19);3-5,9H,2,12H2,1H3/t2*9-/m01/s1. The van der Waals surface area contributed by atoms with Crippen molar-refractivity contribution in [3.8, 4) is 0 Å². The van der Waals surface area contributed by atoms with Crippen molar-refractivity contribution in [3.63, 3.8) is 0 Å². The van der Waals surface area contributed by atoms with E-state index in [1.807, 2.05) is 30.9 Å². The van der Waals surface area contributed by atoms with Crippen LogP contribution in [0.2, 0.25) is 10.0 Å². The number of carbonyl (C=O) groups excluding carboxylic acids is 1. The average molecular weight is 482 g/mol. The lowest BCUT2D eigenvalue weighted by Gasteiger charge is -2.24. The maximum absolute atomic E-state index is 12.6. The van der Waals surface area contributed by atoms with E-state index in [1.165, 1.54) is 6.07 Å². The number of hydrogen-bond acceptors (Lipinski definition) is 4. The number of fused-ring (bicyclic) bond motifs is 1. The number of benzene rings is 1. The summed E-state index contributed by atoms with van der Waals surface area (Å²) in [5, 5.41) is 10.4. The van der Waals surface area contributed by atoms with Gasteiger partial charge in [0.25, 0.3) is 5.91 Å². The van der Waals surface area contributed by atoms with Gasteiger partial charge < -0.3 is 25.0 Å². The van der Waals surface area contributed by atoms with Gasteiger partial charge in [0.1, 0.15) is 5.69 Å². The van der Waals surface area contributed by atoms with Gasteiger partial charge in [0.2, 0.25) is 0 Å². The normalized spacial score (nSPS) is 18.5. The van der Waals surface area contributed by atoms with Crippen molar-refractivity contribution in [2.75, 3.05) is 13.2 Å². The molecule has 2 aliphatic rings. The predicted molar refractivity (Wildman–Crippen MR) is 124 cm³/mol. The number of carbonyl (C=O) groups is 2. The number of aromatic carboxylic acids is 1. The van der Waals surface area contributed by atoms with Crippen LogP contribution in [0.5, 0.6) is 0 Å². The first-order chi connectivity index (χ1) is 15.2. The Balaban J connectivity index is 0.000000207. The van der Waals surface area contributed by atoms with Crippen molar-refractivity contribution in [1.82, 2.24) is 9.47 Å². The number of carboxylic acids is 1. The fourth-order valence-corrected chi connectivity index (χ4v) is 4.35. The molecule has 0 saturated carbocycles. The molecule has 0 spiro atoms. The Morgan fingerprint density at radius 1 is 1.25 bits per heavy atom. The molecule has 2 aromatic rings. The van der Waals surface area contributed by atoms with Crippen LogP contribution in [0.1, 0.15) is 71.3 Å². The van der Waals surface area contributed by atoms with Crippen LogP contribution in [0, 0.1) is 0 Å². The number of likely N-dealkylation sites (tertiary alicyclic amines) is 1. The van der Waals surface area contributed by atoms with E-state index >= 15 is 0 Å². The number of halogens is 2. The minimum absolute atomic E-state index is 0.0553. The summed E-state index contributed by atoms with van der Waals surface area (Å²) in [5.74, 6) is -1.07. The van der Waals surface area contributed by atoms with Gasteiger partial charge in [-0.3, -0.25) is 4.79 Å². The van der Waals surface area contributed by atoms with Crippen LogP contribution >= 0.6 is 23.2 Å². The number of carboxylic acid groups (broad SMARTS) is 1. The van der Waals surface area contributed by atoms with E-state index < -0.39 is 5.97 Å². The number of nitrogens with zero attached hydrogens (tertiary/aromatic N) is 2. The average Bonchev–Trinajstić information content (AvgIpc) is 3.39. The molecule has 1 saturated heterocycles. The molecule has 1 amide bonds. The molecule has 32 heavy (non-hydrogen) atoms. The van der Waals surface area contributed by atoms with Gasteiger partial charge in [0.15, 0.2) is 0 Å². The molecule has 0 radical (unpaired) electrons. The molecule has 0 bridgehead atoms. The molecule has 1 aromatic carbocycles. The first kappa shape index (κ1) is 24.6. The molecular weight excluding hydrogens is 453 g/mol. The highest BCUT2D eigenvalue weighted by Crippen LogP contribution is 2.26. The van der Waals surface area contributed by atoms with E-state index in [-0.39, 0.29) is 30.2 Å². The van der Waals surface area contributed by atoms with E-state index in [1.54, 1.807) is 10.6 Å². The Bertz CT molecular complexity index is 992. The molecule has 3 heterocycles. The van der Waals surface area contributed by atoms with Gasteiger partial charge in [-0.1, -0.05) is 36.2 Å². The minimum atomic E-state index is -1.01. The Morgan fingerprint density at radius 2 is 2.00 bits per heavy atom. The second kappa shape index (κ2) is 10.7. The zero-order valence-electron chi connectivity index (χ0n) is 18.3. The summed E-state index contributed by atoms with van der Waals surface area (Å²) in [7, 11) is 0. The number of aromatic nitrogens is 1. The van der Waals surface area contributed by atoms with Crippen LogP contribution in [-0.4, -0.2) is 45.6 Å². The van der Waals surface area contributed by atoms with Crippen molar-refractivity contribution >= 4 is 35.1 Å². The van der Waals surface area contributed by atoms with Gasteiger partial charge in [-0.2, -0.15) is 0 Å². The Morgan fingerprint density at radius 3 is 2.59 bits per heavy atom. The molecule has 0 unspecified atom stereocenters. The first-order valence-corrected chi connectivity index (χ1v) is 11.5. The van der Waals surface area contributed by atoms with Crippen LogP contribution in [0.4, 0.5) is 0 Å². The van der Waals surface area contributed by atoms with Crippen LogP contribution in [0.3, 0.4) is 0 Å². The minimum Gasteiger partial charge on any atom is -0.478 e. The molecule has 2 aliphatic heterocycles. The summed E-state index contributed by atoms with van der Waals surface area (Å²) in [5.41, 5.74) is 8.10. The number of amides is 1. The first-order valence-electron chi connectivity index (χ1n) is 10.8. The molecule has 1 aromatic heterocycles. The van der Waals surface area contributed by atoms with Crippen LogP contribution in [0.15, 0.2) is 24.3 Å². The SMILES string of the molecule is CC[C@@H](N)c1ccc(Cl)c(Cl)c1.C[C@H]1CCCN1C(=O)c1cc(C(=O)O)c2n1CCOC2. The molecule has 3 N–H and O–H groups in total. The second-order valence-electron chi connectivity index (χ2n) is 8.08. The lowest BCUT2D eigenvalue weighted by atomic mass is 10.1.